The van der Waals surface area contributed by atoms with Gasteiger partial charge < -0.3 is 4.55 Å². The summed E-state index contributed by atoms with van der Waals surface area (Å²) < 4.78 is 8.53. The summed E-state index contributed by atoms with van der Waals surface area (Å²) in [5.74, 6) is 0.514. The van der Waals surface area contributed by atoms with Gasteiger partial charge in [-0.2, -0.15) is 0 Å². The van der Waals surface area contributed by atoms with Gasteiger partial charge in [-0.1, -0.05) is 23.2 Å². The summed E-state index contributed by atoms with van der Waals surface area (Å²) >= 11 is 12.2. The van der Waals surface area contributed by atoms with Crippen LogP contribution in [0.5, 0.6) is 0 Å². The van der Waals surface area contributed by atoms with E-state index in [4.69, 9.17) is 27.8 Å². The molecule has 0 aliphatic rings. The van der Waals surface area contributed by atoms with Gasteiger partial charge in [0.2, 0.25) is 0 Å². The minimum Gasteiger partial charge on any atom is -0.330 e. The smallest absolute Gasteiger partial charge is 0.0447 e. The van der Waals surface area contributed by atoms with Gasteiger partial charge in [-0.05, 0) is 35.8 Å². The van der Waals surface area contributed by atoms with Gasteiger partial charge in [-0.25, -0.2) is 0 Å². The lowest BCUT2D eigenvalue weighted by Gasteiger charge is -1.98. The maximum Gasteiger partial charge on any atom is 0.0447 e. The normalized spacial score (nSPS) is 10.1. The van der Waals surface area contributed by atoms with Gasteiger partial charge in [0, 0.05) is 15.8 Å². The highest BCUT2D eigenvalue weighted by Gasteiger charge is 1.96. The predicted octanol–water partition coefficient (Wildman–Crippen LogP) is 3.70. The third-order valence-corrected chi connectivity index (χ3v) is 2.05. The van der Waals surface area contributed by atoms with E-state index in [1.54, 1.807) is 18.2 Å². The molecule has 11 heavy (non-hydrogen) atoms. The van der Waals surface area contributed by atoms with Gasteiger partial charge in [0.25, 0.3) is 0 Å². The van der Waals surface area contributed by atoms with E-state index < -0.39 is 0 Å². The number of halogens is 2. The number of hydrogen-bond donors (Lipinski definition) is 1. The zero-order valence-electron chi connectivity index (χ0n) is 5.55. The van der Waals surface area contributed by atoms with Gasteiger partial charge >= 0.3 is 0 Å². The van der Waals surface area contributed by atoms with E-state index in [9.17, 15) is 0 Å². The van der Waals surface area contributed by atoms with Crippen LogP contribution in [0.1, 0.15) is 5.56 Å². The monoisotopic (exact) mass is 208 g/mol. The average Bonchev–Trinajstić information content (AvgIpc) is 1.85. The summed E-state index contributed by atoms with van der Waals surface area (Å²) in [6.07, 6.45) is 0. The first-order valence-corrected chi connectivity index (χ1v) is 4.63. The van der Waals surface area contributed by atoms with Gasteiger partial charge in [-0.15, -0.1) is 0 Å². The minimum absolute atomic E-state index is 0.514. The van der Waals surface area contributed by atoms with Crippen LogP contribution >= 0.6 is 35.2 Å². The van der Waals surface area contributed by atoms with Crippen LogP contribution in [0.3, 0.4) is 0 Å². The van der Waals surface area contributed by atoms with Crippen molar-refractivity contribution in [1.29, 1.82) is 0 Å². The second-order valence-electron chi connectivity index (χ2n) is 2.05. The Balaban J connectivity index is 2.89. The molecule has 0 unspecified atom stereocenters. The highest BCUT2D eigenvalue weighted by molar-refractivity contribution is 7.92. The van der Waals surface area contributed by atoms with Crippen molar-refractivity contribution in [2.24, 2.45) is 0 Å². The van der Waals surface area contributed by atoms with E-state index in [1.165, 1.54) is 0 Å². The van der Waals surface area contributed by atoms with Crippen LogP contribution in [0.4, 0.5) is 0 Å². The Bertz CT molecular complexity index is 232. The molecule has 0 saturated heterocycles. The molecule has 4 heteroatoms. The topological polar surface area (TPSA) is 20.2 Å². The third kappa shape index (κ3) is 2.91. The molecule has 0 saturated carbocycles. The summed E-state index contributed by atoms with van der Waals surface area (Å²) in [6.45, 7) is 0. The van der Waals surface area contributed by atoms with Crippen molar-refractivity contribution < 1.29 is 4.55 Å². The van der Waals surface area contributed by atoms with Crippen molar-refractivity contribution in [2.45, 2.75) is 5.75 Å². The number of rotatable bonds is 2. The molecular formula is C7H6Cl2OS. The molecule has 0 amide bonds. The van der Waals surface area contributed by atoms with Gasteiger partial charge in [-0.3, -0.25) is 0 Å². The maximum atomic E-state index is 8.53. The highest BCUT2D eigenvalue weighted by Crippen LogP contribution is 2.21. The van der Waals surface area contributed by atoms with Crippen LogP contribution in [0.2, 0.25) is 10.0 Å². The van der Waals surface area contributed by atoms with Crippen molar-refractivity contribution >= 4 is 35.2 Å². The summed E-state index contributed by atoms with van der Waals surface area (Å²) in [4.78, 5) is 0. The Morgan fingerprint density at radius 3 is 2.18 bits per heavy atom. The van der Waals surface area contributed by atoms with Crippen molar-refractivity contribution in [2.75, 3.05) is 0 Å². The van der Waals surface area contributed by atoms with Crippen molar-refractivity contribution in [1.82, 2.24) is 0 Å². The standard InChI is InChI=1S/C7H6Cl2OS/c8-6-1-5(4-11-10)2-7(9)3-6/h1-3,10H,4H2. The van der Waals surface area contributed by atoms with Crippen molar-refractivity contribution in [3.63, 3.8) is 0 Å². The largest absolute Gasteiger partial charge is 0.330 e. The fraction of sp³-hybridized carbons (Fsp3) is 0.143. The molecule has 0 aliphatic carbocycles. The molecule has 0 aromatic heterocycles. The Morgan fingerprint density at radius 1 is 1.18 bits per heavy atom. The number of benzene rings is 1. The first-order chi connectivity index (χ1) is 5.22. The molecule has 0 aliphatic heterocycles. The zero-order chi connectivity index (χ0) is 8.27. The second kappa shape index (κ2) is 4.21. The lowest BCUT2D eigenvalue weighted by atomic mass is 10.2. The van der Waals surface area contributed by atoms with E-state index >= 15 is 0 Å². The Labute approximate surface area is 79.5 Å². The molecule has 1 aromatic carbocycles. The van der Waals surface area contributed by atoms with E-state index in [0.717, 1.165) is 17.6 Å². The lowest BCUT2D eigenvalue weighted by Crippen LogP contribution is -1.79. The van der Waals surface area contributed by atoms with E-state index in [2.05, 4.69) is 0 Å². The second-order valence-corrected chi connectivity index (χ2v) is 3.47. The van der Waals surface area contributed by atoms with Crippen LogP contribution in [0.25, 0.3) is 0 Å². The van der Waals surface area contributed by atoms with Crippen molar-refractivity contribution in [3.05, 3.63) is 33.8 Å². The molecule has 0 heterocycles. The van der Waals surface area contributed by atoms with Crippen molar-refractivity contribution in [3.8, 4) is 0 Å². The SMILES string of the molecule is OSCc1cc(Cl)cc(Cl)c1. The molecule has 0 spiro atoms. The maximum absolute atomic E-state index is 8.53. The summed E-state index contributed by atoms with van der Waals surface area (Å²) in [6, 6.07) is 5.21. The number of hydrogen-bond acceptors (Lipinski definition) is 2. The van der Waals surface area contributed by atoms with E-state index in [0.29, 0.717) is 15.8 Å². The fourth-order valence-electron chi connectivity index (χ4n) is 0.769. The highest BCUT2D eigenvalue weighted by atomic mass is 35.5. The van der Waals surface area contributed by atoms with Crippen LogP contribution < -0.4 is 0 Å². The molecule has 1 rings (SSSR count). The van der Waals surface area contributed by atoms with Crippen LogP contribution in [0.15, 0.2) is 18.2 Å². The average molecular weight is 209 g/mol. The third-order valence-electron chi connectivity index (χ3n) is 1.15. The molecule has 60 valence electrons. The summed E-state index contributed by atoms with van der Waals surface area (Å²) in [5, 5.41) is 1.20. The van der Waals surface area contributed by atoms with E-state index in [-0.39, 0.29) is 0 Å². The van der Waals surface area contributed by atoms with E-state index in [1.807, 2.05) is 0 Å². The predicted molar refractivity (Wildman–Crippen MR) is 50.4 cm³/mol. The first kappa shape index (κ1) is 9.20. The van der Waals surface area contributed by atoms with Crippen LogP contribution in [0, 0.1) is 0 Å². The first-order valence-electron chi connectivity index (χ1n) is 2.93. The molecule has 1 N–H and O–H groups in total. The Morgan fingerprint density at radius 2 is 1.73 bits per heavy atom. The lowest BCUT2D eigenvalue weighted by molar-refractivity contribution is 0.663. The summed E-state index contributed by atoms with van der Waals surface area (Å²) in [5.41, 5.74) is 0.926. The molecule has 0 bridgehead atoms. The molecule has 0 atom stereocenters. The molecule has 0 fully saturated rings. The quantitative estimate of drug-likeness (QED) is 0.749. The van der Waals surface area contributed by atoms with Gasteiger partial charge in [0.05, 0.1) is 0 Å². The van der Waals surface area contributed by atoms with Crippen LogP contribution in [-0.4, -0.2) is 4.55 Å². The molecule has 0 radical (unpaired) electrons. The van der Waals surface area contributed by atoms with Gasteiger partial charge in [0.1, 0.15) is 0 Å². The molecule has 1 nitrogen and oxygen atoms in total. The fourth-order valence-corrected chi connectivity index (χ4v) is 1.66. The Hall–Kier alpha value is 0.110. The molecule has 1 aromatic rings. The molecular weight excluding hydrogens is 203 g/mol. The minimum atomic E-state index is 0.514. The van der Waals surface area contributed by atoms with Crippen LogP contribution in [-0.2, 0) is 5.75 Å². The summed E-state index contributed by atoms with van der Waals surface area (Å²) in [7, 11) is 0. The van der Waals surface area contributed by atoms with Gasteiger partial charge in [0.15, 0.2) is 0 Å². The zero-order valence-corrected chi connectivity index (χ0v) is 7.88. The Kier molecular flexibility index (Phi) is 3.52.